The van der Waals surface area contributed by atoms with Gasteiger partial charge in [0.25, 0.3) is 5.91 Å². The summed E-state index contributed by atoms with van der Waals surface area (Å²) >= 11 is 0. The van der Waals surface area contributed by atoms with Crippen LogP contribution in [0, 0.1) is 5.82 Å². The van der Waals surface area contributed by atoms with E-state index < -0.39 is 9.84 Å². The maximum absolute atomic E-state index is 13.3. The summed E-state index contributed by atoms with van der Waals surface area (Å²) in [5, 5.41) is 3.01. The summed E-state index contributed by atoms with van der Waals surface area (Å²) in [6.45, 7) is 2.07. The van der Waals surface area contributed by atoms with Gasteiger partial charge in [0.05, 0.1) is 10.6 Å². The molecule has 0 atom stereocenters. The molecule has 2 aromatic rings. The van der Waals surface area contributed by atoms with Crippen LogP contribution in [-0.2, 0) is 15.3 Å². The summed E-state index contributed by atoms with van der Waals surface area (Å²) in [4.78, 5) is 12.8. The average Bonchev–Trinajstić information content (AvgIpc) is 2.73. The maximum Gasteiger partial charge on any atom is 0.251 e. The molecular formula is C22H26FNO3S. The third-order valence-electron chi connectivity index (χ3n) is 5.71. The van der Waals surface area contributed by atoms with Crippen molar-refractivity contribution in [1.82, 2.24) is 5.32 Å². The Bertz CT molecular complexity index is 915. The molecule has 0 aliphatic heterocycles. The Hall–Kier alpha value is -2.21. The first-order valence-electron chi connectivity index (χ1n) is 9.73. The van der Waals surface area contributed by atoms with Gasteiger partial charge in [0.2, 0.25) is 0 Å². The van der Waals surface area contributed by atoms with Gasteiger partial charge >= 0.3 is 0 Å². The molecule has 1 amide bonds. The minimum atomic E-state index is -3.28. The first-order valence-corrected chi connectivity index (χ1v) is 11.4. The smallest absolute Gasteiger partial charge is 0.251 e. The van der Waals surface area contributed by atoms with Crippen molar-refractivity contribution < 1.29 is 17.6 Å². The monoisotopic (exact) mass is 403 g/mol. The second-order valence-electron chi connectivity index (χ2n) is 7.46. The Morgan fingerprint density at radius 2 is 1.61 bits per heavy atom. The van der Waals surface area contributed by atoms with E-state index in [2.05, 4.69) is 5.32 Å². The fourth-order valence-corrected chi connectivity index (χ4v) is 4.82. The molecular weight excluding hydrogens is 377 g/mol. The molecule has 1 saturated carbocycles. The molecule has 1 N–H and O–H groups in total. The number of benzene rings is 2. The van der Waals surface area contributed by atoms with Crippen molar-refractivity contribution in [3.8, 4) is 0 Å². The number of carbonyl (C=O) groups excluding carboxylic acids is 1. The summed E-state index contributed by atoms with van der Waals surface area (Å²) < 4.78 is 37.2. The number of amides is 1. The van der Waals surface area contributed by atoms with Crippen LogP contribution in [0.1, 0.15) is 54.9 Å². The molecule has 1 aliphatic carbocycles. The number of hydrogen-bond donors (Lipinski definition) is 1. The molecule has 0 bridgehead atoms. The van der Waals surface area contributed by atoms with Crippen molar-refractivity contribution in [2.45, 2.75) is 49.3 Å². The van der Waals surface area contributed by atoms with Crippen LogP contribution in [0.15, 0.2) is 53.4 Å². The van der Waals surface area contributed by atoms with E-state index in [4.69, 9.17) is 0 Å². The molecule has 6 heteroatoms. The minimum absolute atomic E-state index is 0.0265. The van der Waals surface area contributed by atoms with Gasteiger partial charge in [-0.3, -0.25) is 4.79 Å². The van der Waals surface area contributed by atoms with Crippen molar-refractivity contribution in [3.05, 3.63) is 65.5 Å². The second-order valence-corrected chi connectivity index (χ2v) is 9.74. The van der Waals surface area contributed by atoms with Crippen molar-refractivity contribution in [3.63, 3.8) is 0 Å². The Kier molecular flexibility index (Phi) is 6.18. The van der Waals surface area contributed by atoms with E-state index in [9.17, 15) is 17.6 Å². The quantitative estimate of drug-likeness (QED) is 0.784. The van der Waals surface area contributed by atoms with Gasteiger partial charge in [0, 0.05) is 17.5 Å². The van der Waals surface area contributed by atoms with Gasteiger partial charge in [-0.1, -0.05) is 38.3 Å². The molecule has 0 heterocycles. The summed E-state index contributed by atoms with van der Waals surface area (Å²) in [5.74, 6) is -0.466. The van der Waals surface area contributed by atoms with Gasteiger partial charge < -0.3 is 5.32 Å². The van der Waals surface area contributed by atoms with Crippen LogP contribution in [-0.4, -0.2) is 26.6 Å². The topological polar surface area (TPSA) is 63.2 Å². The number of rotatable bonds is 6. The van der Waals surface area contributed by atoms with Crippen LogP contribution in [0.5, 0.6) is 0 Å². The fraction of sp³-hybridized carbons (Fsp3) is 0.409. The normalized spacial score (nSPS) is 16.5. The van der Waals surface area contributed by atoms with E-state index in [0.29, 0.717) is 12.1 Å². The summed E-state index contributed by atoms with van der Waals surface area (Å²) in [7, 11) is -3.28. The Balaban J connectivity index is 1.74. The molecule has 3 rings (SSSR count). The van der Waals surface area contributed by atoms with Crippen molar-refractivity contribution >= 4 is 15.7 Å². The van der Waals surface area contributed by atoms with Crippen LogP contribution in [0.4, 0.5) is 4.39 Å². The van der Waals surface area contributed by atoms with Crippen molar-refractivity contribution in [2.75, 3.05) is 12.3 Å². The first-order chi connectivity index (χ1) is 13.4. The molecule has 0 unspecified atom stereocenters. The van der Waals surface area contributed by atoms with E-state index >= 15 is 0 Å². The highest BCUT2D eigenvalue weighted by atomic mass is 32.2. The Morgan fingerprint density at radius 3 is 2.18 bits per heavy atom. The van der Waals surface area contributed by atoms with Gasteiger partial charge in [-0.25, -0.2) is 12.8 Å². The SMILES string of the molecule is CCS(=O)(=O)c1ccc(C(=O)NCC2(c3ccc(F)cc3)CCCCC2)cc1. The Morgan fingerprint density at radius 1 is 1.00 bits per heavy atom. The van der Waals surface area contributed by atoms with Gasteiger partial charge in [0.15, 0.2) is 9.84 Å². The molecule has 4 nitrogen and oxygen atoms in total. The molecule has 150 valence electrons. The molecule has 0 saturated heterocycles. The lowest BCUT2D eigenvalue weighted by Crippen LogP contribution is -2.42. The van der Waals surface area contributed by atoms with E-state index in [-0.39, 0.29) is 27.8 Å². The van der Waals surface area contributed by atoms with Gasteiger partial charge in [-0.15, -0.1) is 0 Å². The van der Waals surface area contributed by atoms with Crippen molar-refractivity contribution in [1.29, 1.82) is 0 Å². The average molecular weight is 404 g/mol. The van der Waals surface area contributed by atoms with Gasteiger partial charge in [-0.2, -0.15) is 0 Å². The molecule has 28 heavy (non-hydrogen) atoms. The van der Waals surface area contributed by atoms with Crippen LogP contribution < -0.4 is 5.32 Å². The van der Waals surface area contributed by atoms with Crippen molar-refractivity contribution in [2.24, 2.45) is 0 Å². The number of nitrogens with one attached hydrogen (secondary N) is 1. The fourth-order valence-electron chi connectivity index (χ4n) is 3.93. The summed E-state index contributed by atoms with van der Waals surface area (Å²) in [6, 6.07) is 12.6. The molecule has 2 aromatic carbocycles. The molecule has 0 aromatic heterocycles. The third-order valence-corrected chi connectivity index (χ3v) is 7.46. The van der Waals surface area contributed by atoms with E-state index in [0.717, 1.165) is 31.2 Å². The second kappa shape index (κ2) is 8.43. The predicted octanol–water partition coefficient (Wildman–Crippen LogP) is 4.25. The largest absolute Gasteiger partial charge is 0.351 e. The van der Waals surface area contributed by atoms with E-state index in [1.165, 1.54) is 30.7 Å². The zero-order valence-electron chi connectivity index (χ0n) is 16.1. The minimum Gasteiger partial charge on any atom is -0.351 e. The van der Waals surface area contributed by atoms with Crippen LogP contribution in [0.2, 0.25) is 0 Å². The number of carbonyl (C=O) groups is 1. The zero-order valence-corrected chi connectivity index (χ0v) is 16.9. The highest BCUT2D eigenvalue weighted by Gasteiger charge is 2.34. The van der Waals surface area contributed by atoms with Gasteiger partial charge in [0.1, 0.15) is 5.82 Å². The lowest BCUT2D eigenvalue weighted by molar-refractivity contribution is 0.0936. The number of hydrogen-bond acceptors (Lipinski definition) is 3. The molecule has 0 spiro atoms. The van der Waals surface area contributed by atoms with Crippen LogP contribution in [0.25, 0.3) is 0 Å². The number of halogens is 1. The lowest BCUT2D eigenvalue weighted by Gasteiger charge is -2.38. The highest BCUT2D eigenvalue weighted by Crippen LogP contribution is 2.39. The Labute approximate surface area is 166 Å². The molecule has 1 aliphatic rings. The predicted molar refractivity (Wildman–Crippen MR) is 108 cm³/mol. The summed E-state index contributed by atoms with van der Waals surface area (Å²) in [6.07, 6.45) is 5.23. The highest BCUT2D eigenvalue weighted by molar-refractivity contribution is 7.91. The molecule has 1 fully saturated rings. The first kappa shape index (κ1) is 20.5. The zero-order chi connectivity index (χ0) is 20.2. The van der Waals surface area contributed by atoms with E-state index in [1.807, 2.05) is 12.1 Å². The van der Waals surface area contributed by atoms with Gasteiger partial charge in [-0.05, 0) is 54.8 Å². The lowest BCUT2D eigenvalue weighted by atomic mass is 9.69. The van der Waals surface area contributed by atoms with E-state index in [1.54, 1.807) is 19.1 Å². The van der Waals surface area contributed by atoms with Crippen LogP contribution in [0.3, 0.4) is 0 Å². The standard InChI is InChI=1S/C22H26FNO3S/c1-2-28(26,27)20-12-6-17(7-13-20)21(25)24-16-22(14-4-3-5-15-22)18-8-10-19(23)11-9-18/h6-13H,2-5,14-16H2,1H3,(H,24,25). The number of sulfone groups is 1. The third kappa shape index (κ3) is 4.43. The maximum atomic E-state index is 13.3. The molecule has 0 radical (unpaired) electrons. The summed E-state index contributed by atoms with van der Waals surface area (Å²) in [5.41, 5.74) is 1.30. The van der Waals surface area contributed by atoms with Crippen LogP contribution >= 0.6 is 0 Å².